The van der Waals surface area contributed by atoms with Crippen molar-refractivity contribution in [3.63, 3.8) is 0 Å². The quantitative estimate of drug-likeness (QED) is 0.751. The summed E-state index contributed by atoms with van der Waals surface area (Å²) >= 11 is 0. The summed E-state index contributed by atoms with van der Waals surface area (Å²) in [6.07, 6.45) is 0.727. The number of nitrogens with zero attached hydrogens (tertiary/aromatic N) is 1. The van der Waals surface area contributed by atoms with Crippen LogP contribution in [0.1, 0.15) is 23.1 Å². The minimum absolute atomic E-state index is 0.332. The Balaban J connectivity index is 2.35. The highest BCUT2D eigenvalue weighted by Crippen LogP contribution is 2.30. The molecule has 0 saturated carbocycles. The van der Waals surface area contributed by atoms with E-state index in [2.05, 4.69) is 9.97 Å². The molecule has 108 valence electrons. The Kier molecular flexibility index (Phi) is 3.25. The number of methoxy groups -OCH3 is 2. The molecule has 0 atom stereocenters. The first-order valence-corrected chi connectivity index (χ1v) is 6.75. The number of rotatable bonds is 3. The number of pyridine rings is 1. The maximum absolute atomic E-state index is 11.8. The fourth-order valence-corrected chi connectivity index (χ4v) is 2.54. The van der Waals surface area contributed by atoms with E-state index in [1.165, 1.54) is 7.11 Å². The van der Waals surface area contributed by atoms with E-state index in [1.807, 2.05) is 25.1 Å². The van der Waals surface area contributed by atoms with Gasteiger partial charge >= 0.3 is 5.97 Å². The molecule has 0 fully saturated rings. The first-order valence-electron chi connectivity index (χ1n) is 6.75. The number of benzene rings is 1. The minimum Gasteiger partial charge on any atom is -0.497 e. The van der Waals surface area contributed by atoms with Gasteiger partial charge in [-0.05, 0) is 24.6 Å². The normalized spacial score (nSPS) is 11.0. The Bertz CT molecular complexity index is 836. The van der Waals surface area contributed by atoms with E-state index < -0.39 is 5.97 Å². The predicted octanol–water partition coefficient (Wildman–Crippen LogP) is 3.07. The molecule has 1 aromatic carbocycles. The van der Waals surface area contributed by atoms with Crippen molar-refractivity contribution in [1.82, 2.24) is 9.97 Å². The van der Waals surface area contributed by atoms with E-state index in [4.69, 9.17) is 9.47 Å². The van der Waals surface area contributed by atoms with Gasteiger partial charge in [-0.15, -0.1) is 0 Å². The summed E-state index contributed by atoms with van der Waals surface area (Å²) in [6.45, 7) is 2.01. The van der Waals surface area contributed by atoms with Gasteiger partial charge in [0.15, 0.2) is 0 Å². The number of hydrogen-bond donors (Lipinski definition) is 1. The molecule has 5 heteroatoms. The number of hydrogen-bond acceptors (Lipinski definition) is 4. The summed E-state index contributed by atoms with van der Waals surface area (Å²) in [5.74, 6) is 0.364. The molecule has 5 nitrogen and oxygen atoms in total. The van der Waals surface area contributed by atoms with Crippen molar-refractivity contribution in [3.8, 4) is 5.75 Å². The van der Waals surface area contributed by atoms with Crippen LogP contribution in [0.15, 0.2) is 24.3 Å². The van der Waals surface area contributed by atoms with Crippen LogP contribution in [0.5, 0.6) is 5.75 Å². The second kappa shape index (κ2) is 5.09. The summed E-state index contributed by atoms with van der Waals surface area (Å²) in [5, 5.41) is 2.01. The standard InChI is InChI=1S/C16H16N2O3/c1-4-12-15-11(8-14(17-12)16(19)21-3)10-6-5-9(20-2)7-13(10)18-15/h5-8,18H,4H2,1-3H3. The van der Waals surface area contributed by atoms with Crippen molar-refractivity contribution >= 4 is 27.8 Å². The number of aromatic amines is 1. The van der Waals surface area contributed by atoms with Crippen molar-refractivity contribution in [2.75, 3.05) is 14.2 Å². The lowest BCUT2D eigenvalue weighted by Crippen LogP contribution is -2.06. The fraction of sp³-hybridized carbons (Fsp3) is 0.250. The van der Waals surface area contributed by atoms with E-state index in [0.717, 1.165) is 39.7 Å². The third-order valence-electron chi connectivity index (χ3n) is 3.60. The maximum Gasteiger partial charge on any atom is 0.356 e. The molecule has 2 heterocycles. The molecule has 0 aliphatic carbocycles. The van der Waals surface area contributed by atoms with Crippen LogP contribution >= 0.6 is 0 Å². The molecule has 0 spiro atoms. The van der Waals surface area contributed by atoms with Crippen molar-refractivity contribution in [2.24, 2.45) is 0 Å². The van der Waals surface area contributed by atoms with Gasteiger partial charge in [-0.3, -0.25) is 0 Å². The number of aryl methyl sites for hydroxylation is 1. The molecule has 21 heavy (non-hydrogen) atoms. The van der Waals surface area contributed by atoms with Crippen LogP contribution in [0, 0.1) is 0 Å². The predicted molar refractivity (Wildman–Crippen MR) is 80.9 cm³/mol. The molecule has 0 aliphatic heterocycles. The van der Waals surface area contributed by atoms with Crippen LogP contribution in [0.4, 0.5) is 0 Å². The average molecular weight is 284 g/mol. The first kappa shape index (κ1) is 13.4. The second-order valence-electron chi connectivity index (χ2n) is 4.76. The summed E-state index contributed by atoms with van der Waals surface area (Å²) in [7, 11) is 3.00. The zero-order valence-corrected chi connectivity index (χ0v) is 12.2. The topological polar surface area (TPSA) is 64.2 Å². The van der Waals surface area contributed by atoms with Crippen LogP contribution in [0.2, 0.25) is 0 Å². The van der Waals surface area contributed by atoms with Gasteiger partial charge in [0.2, 0.25) is 0 Å². The monoisotopic (exact) mass is 284 g/mol. The first-order chi connectivity index (χ1) is 10.2. The lowest BCUT2D eigenvalue weighted by atomic mass is 10.1. The Morgan fingerprint density at radius 3 is 2.71 bits per heavy atom. The van der Waals surface area contributed by atoms with Gasteiger partial charge in [0.1, 0.15) is 11.4 Å². The zero-order chi connectivity index (χ0) is 15.0. The van der Waals surface area contributed by atoms with Crippen molar-refractivity contribution < 1.29 is 14.3 Å². The number of carbonyl (C=O) groups is 1. The smallest absolute Gasteiger partial charge is 0.356 e. The van der Waals surface area contributed by atoms with Crippen LogP contribution in [-0.2, 0) is 11.2 Å². The summed E-state index contributed by atoms with van der Waals surface area (Å²) in [5.41, 5.74) is 3.10. The molecule has 0 saturated heterocycles. The van der Waals surface area contributed by atoms with E-state index in [1.54, 1.807) is 13.2 Å². The van der Waals surface area contributed by atoms with E-state index in [9.17, 15) is 4.79 Å². The summed E-state index contributed by atoms with van der Waals surface area (Å²) in [6, 6.07) is 7.59. The number of ether oxygens (including phenoxy) is 2. The molecule has 2 aromatic heterocycles. The number of H-pyrrole nitrogens is 1. The number of carbonyl (C=O) groups excluding carboxylic acids is 1. The van der Waals surface area contributed by atoms with Gasteiger partial charge < -0.3 is 14.5 Å². The van der Waals surface area contributed by atoms with Crippen molar-refractivity contribution in [1.29, 1.82) is 0 Å². The molecule has 3 rings (SSSR count). The van der Waals surface area contributed by atoms with Gasteiger partial charge in [-0.25, -0.2) is 9.78 Å². The average Bonchev–Trinajstić information content (AvgIpc) is 2.90. The zero-order valence-electron chi connectivity index (χ0n) is 12.2. The largest absolute Gasteiger partial charge is 0.497 e. The Hall–Kier alpha value is -2.56. The number of fused-ring (bicyclic) bond motifs is 3. The van der Waals surface area contributed by atoms with Gasteiger partial charge in [0.25, 0.3) is 0 Å². The maximum atomic E-state index is 11.8. The molecular formula is C16H16N2O3. The van der Waals surface area contributed by atoms with E-state index in [-0.39, 0.29) is 0 Å². The third kappa shape index (κ3) is 2.11. The lowest BCUT2D eigenvalue weighted by molar-refractivity contribution is 0.0594. The van der Waals surface area contributed by atoms with Gasteiger partial charge in [-0.2, -0.15) is 0 Å². The minimum atomic E-state index is -0.422. The number of nitrogens with one attached hydrogen (secondary N) is 1. The van der Waals surface area contributed by atoms with Crippen LogP contribution in [0.3, 0.4) is 0 Å². The molecule has 1 N–H and O–H groups in total. The van der Waals surface area contributed by atoms with E-state index in [0.29, 0.717) is 5.69 Å². The fourth-order valence-electron chi connectivity index (χ4n) is 2.54. The summed E-state index contributed by atoms with van der Waals surface area (Å²) < 4.78 is 10.0. The highest BCUT2D eigenvalue weighted by molar-refractivity contribution is 6.10. The van der Waals surface area contributed by atoms with Crippen molar-refractivity contribution in [3.05, 3.63) is 35.7 Å². The third-order valence-corrected chi connectivity index (χ3v) is 3.60. The van der Waals surface area contributed by atoms with Crippen molar-refractivity contribution in [2.45, 2.75) is 13.3 Å². The molecular weight excluding hydrogens is 268 g/mol. The lowest BCUT2D eigenvalue weighted by Gasteiger charge is -2.03. The van der Waals surface area contributed by atoms with Crippen LogP contribution in [0.25, 0.3) is 21.8 Å². The number of esters is 1. The molecule has 0 unspecified atom stereocenters. The molecule has 0 aliphatic rings. The molecule has 3 aromatic rings. The van der Waals surface area contributed by atoms with Crippen LogP contribution in [-0.4, -0.2) is 30.2 Å². The highest BCUT2D eigenvalue weighted by atomic mass is 16.5. The SMILES string of the molecule is CCc1nc(C(=O)OC)cc2c1[nH]c1cc(OC)ccc12. The van der Waals surface area contributed by atoms with Gasteiger partial charge in [-0.1, -0.05) is 6.92 Å². The van der Waals surface area contributed by atoms with Gasteiger partial charge in [0.05, 0.1) is 30.9 Å². The summed E-state index contributed by atoms with van der Waals surface area (Å²) in [4.78, 5) is 19.5. The highest BCUT2D eigenvalue weighted by Gasteiger charge is 2.15. The molecule has 0 bridgehead atoms. The Morgan fingerprint density at radius 2 is 2.05 bits per heavy atom. The Labute approximate surface area is 121 Å². The van der Waals surface area contributed by atoms with Crippen LogP contribution < -0.4 is 4.74 Å². The molecule has 0 radical (unpaired) electrons. The second-order valence-corrected chi connectivity index (χ2v) is 4.76. The Morgan fingerprint density at radius 1 is 1.24 bits per heavy atom. The number of aromatic nitrogens is 2. The molecule has 0 amide bonds. The van der Waals surface area contributed by atoms with Gasteiger partial charge in [0, 0.05) is 16.8 Å². The van der Waals surface area contributed by atoms with E-state index >= 15 is 0 Å².